The van der Waals surface area contributed by atoms with Crippen LogP contribution in [0.1, 0.15) is 52.9 Å². The van der Waals surface area contributed by atoms with Crippen molar-refractivity contribution in [3.8, 4) is 22.9 Å². The second-order valence-electron chi connectivity index (χ2n) is 8.31. The number of Topliss-reactive ketones (excluding diaryl/α,β-unsaturated/α-hetero) is 1. The van der Waals surface area contributed by atoms with Crippen molar-refractivity contribution >= 4 is 22.7 Å². The third-order valence-corrected chi connectivity index (χ3v) is 7.14. The molecular weight excluding hydrogens is 423 g/mol. The Kier molecular flexibility index (Phi) is 5.94. The van der Waals surface area contributed by atoms with Gasteiger partial charge in [-0.05, 0) is 49.1 Å². The van der Waals surface area contributed by atoms with Crippen LogP contribution in [0.5, 0.6) is 0 Å². The molecule has 0 aliphatic heterocycles. The number of aliphatic hydroxyl groups is 1. The van der Waals surface area contributed by atoms with E-state index >= 15 is 0 Å². The molecule has 2 aromatic carbocycles. The Morgan fingerprint density at radius 1 is 1.22 bits per heavy atom. The summed E-state index contributed by atoms with van der Waals surface area (Å²) in [7, 11) is 0. The highest BCUT2D eigenvalue weighted by molar-refractivity contribution is 7.14. The second kappa shape index (κ2) is 8.68. The number of carbonyl (C=O) groups is 1. The Balaban J connectivity index is 1.62. The van der Waals surface area contributed by atoms with Crippen molar-refractivity contribution in [1.29, 1.82) is 0 Å². The number of hydrogen-bond acceptors (Lipinski definition) is 5. The van der Waals surface area contributed by atoms with E-state index in [1.54, 1.807) is 12.1 Å². The van der Waals surface area contributed by atoms with Crippen molar-refractivity contribution in [2.24, 2.45) is 5.92 Å². The van der Waals surface area contributed by atoms with Crippen LogP contribution in [0.3, 0.4) is 0 Å². The maximum atomic E-state index is 13.6. The number of hydrogen-bond donors (Lipinski definition) is 1. The molecule has 2 unspecified atom stereocenters. The van der Waals surface area contributed by atoms with Gasteiger partial charge in [-0.25, -0.2) is 4.39 Å². The van der Waals surface area contributed by atoms with Crippen molar-refractivity contribution in [3.05, 3.63) is 75.2 Å². The van der Waals surface area contributed by atoms with Gasteiger partial charge >= 0.3 is 0 Å². The molecule has 1 heterocycles. The third-order valence-electron chi connectivity index (χ3n) is 5.96. The molecule has 4 nitrogen and oxygen atoms in total. The van der Waals surface area contributed by atoms with Crippen molar-refractivity contribution in [3.63, 3.8) is 0 Å². The normalized spacial score (nSPS) is 17.3. The highest BCUT2D eigenvalue weighted by Gasteiger charge is 2.34. The zero-order valence-corrected chi connectivity index (χ0v) is 19.0. The number of nitrogens with zero attached hydrogens (tertiary/aromatic N) is 2. The summed E-state index contributed by atoms with van der Waals surface area (Å²) in [5, 5.41) is 20.8. The molecule has 0 saturated heterocycles. The Labute approximate surface area is 190 Å². The molecule has 1 aromatic heterocycles. The molecule has 6 heteroatoms. The van der Waals surface area contributed by atoms with Crippen LogP contribution in [0.25, 0.3) is 16.1 Å². The fourth-order valence-electron chi connectivity index (χ4n) is 4.33. The lowest BCUT2D eigenvalue weighted by molar-refractivity contribution is -0.115. The minimum atomic E-state index is -0.328. The Hall–Kier alpha value is -3.30. The molecule has 0 spiro atoms. The van der Waals surface area contributed by atoms with Gasteiger partial charge in [-0.3, -0.25) is 4.79 Å². The van der Waals surface area contributed by atoms with E-state index in [0.29, 0.717) is 33.7 Å². The molecule has 32 heavy (non-hydrogen) atoms. The van der Waals surface area contributed by atoms with Gasteiger partial charge in [-0.15, -0.1) is 16.6 Å². The second-order valence-corrected chi connectivity index (χ2v) is 9.32. The highest BCUT2D eigenvalue weighted by atomic mass is 32.1. The predicted octanol–water partition coefficient (Wildman–Crippen LogP) is 5.99. The van der Waals surface area contributed by atoms with E-state index in [4.69, 9.17) is 6.42 Å². The summed E-state index contributed by atoms with van der Waals surface area (Å²) in [6.45, 7) is 5.84. The number of aryl methyl sites for hydroxylation is 2. The fraction of sp³-hybridized carbons (Fsp3) is 0.269. The van der Waals surface area contributed by atoms with Crippen LogP contribution in [0.4, 0.5) is 4.39 Å². The monoisotopic (exact) mass is 446 g/mol. The van der Waals surface area contributed by atoms with Gasteiger partial charge < -0.3 is 5.11 Å². The lowest BCUT2D eigenvalue weighted by Crippen LogP contribution is -2.23. The minimum absolute atomic E-state index is 0.0661. The van der Waals surface area contributed by atoms with E-state index in [1.807, 2.05) is 32.9 Å². The van der Waals surface area contributed by atoms with E-state index in [-0.39, 0.29) is 35.6 Å². The van der Waals surface area contributed by atoms with Gasteiger partial charge in [0, 0.05) is 35.4 Å². The Bertz CT molecular complexity index is 1290. The van der Waals surface area contributed by atoms with E-state index in [0.717, 1.165) is 16.1 Å². The standard InChI is InChI=1S/C26H23FN2O2S/c1-5-17-10-14(2)9-15(3)23(17)24-21(30)12-19(13-22(24)31)16(4)25-28-29-26(32-25)18-7-6-8-20(27)11-18/h1,6-11,16,19,30H,12-13H2,2-4H3. The largest absolute Gasteiger partial charge is 0.512 e. The first-order valence-corrected chi connectivity index (χ1v) is 11.2. The number of carbonyl (C=O) groups excluding carboxylic acids is 1. The molecule has 4 rings (SSSR count). The number of aromatic nitrogens is 2. The molecule has 1 N–H and O–H groups in total. The maximum absolute atomic E-state index is 13.6. The van der Waals surface area contributed by atoms with Crippen LogP contribution < -0.4 is 0 Å². The number of allylic oxidation sites excluding steroid dienone is 2. The highest BCUT2D eigenvalue weighted by Crippen LogP contribution is 2.42. The van der Waals surface area contributed by atoms with Gasteiger partial charge in [0.25, 0.3) is 0 Å². The summed E-state index contributed by atoms with van der Waals surface area (Å²) in [5.41, 5.74) is 4.16. The number of benzene rings is 2. The number of rotatable bonds is 4. The predicted molar refractivity (Wildman–Crippen MR) is 125 cm³/mol. The van der Waals surface area contributed by atoms with Gasteiger partial charge in [-0.1, -0.05) is 42.4 Å². The molecule has 3 aromatic rings. The zero-order valence-electron chi connectivity index (χ0n) is 18.1. The minimum Gasteiger partial charge on any atom is -0.512 e. The summed E-state index contributed by atoms with van der Waals surface area (Å²) in [4.78, 5) is 13.2. The van der Waals surface area contributed by atoms with Gasteiger partial charge in [0.2, 0.25) is 0 Å². The molecule has 2 atom stereocenters. The van der Waals surface area contributed by atoms with Crippen molar-refractivity contribution in [2.75, 3.05) is 0 Å². The van der Waals surface area contributed by atoms with Gasteiger partial charge in [0.15, 0.2) is 5.78 Å². The van der Waals surface area contributed by atoms with E-state index in [1.165, 1.54) is 23.5 Å². The van der Waals surface area contributed by atoms with Crippen LogP contribution in [-0.2, 0) is 4.79 Å². The van der Waals surface area contributed by atoms with Crippen LogP contribution in [-0.4, -0.2) is 21.1 Å². The Morgan fingerprint density at radius 3 is 2.69 bits per heavy atom. The van der Waals surface area contributed by atoms with Gasteiger partial charge in [0.05, 0.1) is 5.57 Å². The van der Waals surface area contributed by atoms with E-state index in [9.17, 15) is 14.3 Å². The molecular formula is C26H23FN2O2S. The molecule has 0 bridgehead atoms. The molecule has 1 aliphatic rings. The van der Waals surface area contributed by atoms with Crippen LogP contribution in [0.15, 0.2) is 42.2 Å². The summed E-state index contributed by atoms with van der Waals surface area (Å²) < 4.78 is 13.6. The molecule has 1 aliphatic carbocycles. The quantitative estimate of drug-likeness (QED) is 0.500. The lowest BCUT2D eigenvalue weighted by atomic mass is 9.77. The Morgan fingerprint density at radius 2 is 2.00 bits per heavy atom. The molecule has 0 saturated carbocycles. The average Bonchev–Trinajstić information content (AvgIpc) is 3.24. The summed E-state index contributed by atoms with van der Waals surface area (Å²) in [6.07, 6.45) is 6.33. The van der Waals surface area contributed by atoms with Gasteiger partial charge in [0.1, 0.15) is 21.6 Å². The van der Waals surface area contributed by atoms with Crippen LogP contribution >= 0.6 is 11.3 Å². The zero-order chi connectivity index (χ0) is 23.0. The molecule has 0 radical (unpaired) electrons. The van der Waals surface area contributed by atoms with Crippen molar-refractivity contribution in [1.82, 2.24) is 10.2 Å². The summed E-state index contributed by atoms with van der Waals surface area (Å²) >= 11 is 1.38. The summed E-state index contributed by atoms with van der Waals surface area (Å²) in [6, 6.07) is 10.1. The average molecular weight is 447 g/mol. The number of ketones is 1. The number of terminal acetylenes is 1. The summed E-state index contributed by atoms with van der Waals surface area (Å²) in [5.74, 6) is 2.07. The molecule has 162 valence electrons. The van der Waals surface area contributed by atoms with E-state index < -0.39 is 0 Å². The first kappa shape index (κ1) is 21.9. The van der Waals surface area contributed by atoms with Crippen molar-refractivity contribution in [2.45, 2.75) is 39.5 Å². The molecule has 0 amide bonds. The van der Waals surface area contributed by atoms with Crippen LogP contribution in [0, 0.1) is 37.9 Å². The SMILES string of the molecule is C#Cc1cc(C)cc(C)c1C1=C(O)CC(C(C)c2nnc(-c3cccc(F)c3)s2)CC1=O. The first-order chi connectivity index (χ1) is 15.3. The smallest absolute Gasteiger partial charge is 0.167 e. The van der Waals surface area contributed by atoms with E-state index in [2.05, 4.69) is 16.1 Å². The third kappa shape index (κ3) is 4.09. The number of aliphatic hydroxyl groups excluding tert-OH is 1. The van der Waals surface area contributed by atoms with Gasteiger partial charge in [-0.2, -0.15) is 0 Å². The maximum Gasteiger partial charge on any atom is 0.167 e. The first-order valence-electron chi connectivity index (χ1n) is 10.4. The number of halogens is 1. The lowest BCUT2D eigenvalue weighted by Gasteiger charge is -2.28. The van der Waals surface area contributed by atoms with Crippen molar-refractivity contribution < 1.29 is 14.3 Å². The topological polar surface area (TPSA) is 63.1 Å². The fourth-order valence-corrected chi connectivity index (χ4v) is 5.32. The molecule has 0 fully saturated rings. The van der Waals surface area contributed by atoms with Crippen LogP contribution in [0.2, 0.25) is 0 Å².